The third-order valence-electron chi connectivity index (χ3n) is 4.78. The summed E-state index contributed by atoms with van der Waals surface area (Å²) in [6.07, 6.45) is 1.79. The second-order valence-electron chi connectivity index (χ2n) is 6.72. The number of fused-ring (bicyclic) bond motifs is 1. The molecule has 0 aliphatic heterocycles. The number of oxime groups is 1. The molecule has 1 atom stereocenters. The SMILES string of the molecule is CC(=O)NC1CC(Oc2nonc2C(=NO)N[C@H]2Cc3ccc(F)cc32)C1. The maximum absolute atomic E-state index is 13.4. The molecule has 2 aromatic rings. The van der Waals surface area contributed by atoms with Crippen molar-refractivity contribution in [3.8, 4) is 5.88 Å². The van der Waals surface area contributed by atoms with E-state index < -0.39 is 0 Å². The predicted octanol–water partition coefficient (Wildman–Crippen LogP) is 1.28. The first-order valence-electron chi connectivity index (χ1n) is 8.57. The van der Waals surface area contributed by atoms with E-state index in [9.17, 15) is 14.4 Å². The molecule has 3 N–H and O–H groups in total. The zero-order valence-corrected chi connectivity index (χ0v) is 14.5. The van der Waals surface area contributed by atoms with Crippen LogP contribution in [-0.2, 0) is 11.2 Å². The molecule has 0 spiro atoms. The number of carbonyl (C=O) groups is 1. The van der Waals surface area contributed by atoms with Crippen molar-refractivity contribution in [3.05, 3.63) is 40.8 Å². The summed E-state index contributed by atoms with van der Waals surface area (Å²) in [5.41, 5.74) is 1.96. The number of hydrogen-bond donors (Lipinski definition) is 3. The Hall–Kier alpha value is -3.17. The van der Waals surface area contributed by atoms with Crippen LogP contribution in [0.25, 0.3) is 0 Å². The Balaban J connectivity index is 1.40. The Morgan fingerprint density at radius 2 is 2.19 bits per heavy atom. The standard InChI is InChI=1S/C17H18FN5O4/c1-8(24)19-11-6-12(7-11)26-17-15(22-27-23-17)16(21-25)20-14-4-9-2-3-10(18)5-13(9)14/h2-3,5,11-12,14,25H,4,6-7H2,1H3,(H,19,24)(H,20,21)/t11?,12?,14-/m0/s1. The minimum absolute atomic E-state index is 0.0314. The summed E-state index contributed by atoms with van der Waals surface area (Å²) in [7, 11) is 0. The lowest BCUT2D eigenvalue weighted by molar-refractivity contribution is -0.120. The second-order valence-corrected chi connectivity index (χ2v) is 6.72. The van der Waals surface area contributed by atoms with Crippen molar-refractivity contribution in [2.24, 2.45) is 5.16 Å². The number of rotatable bonds is 5. The van der Waals surface area contributed by atoms with E-state index in [-0.39, 0.29) is 47.3 Å². The first-order chi connectivity index (χ1) is 13.0. The van der Waals surface area contributed by atoms with Crippen molar-refractivity contribution in [2.75, 3.05) is 0 Å². The Kier molecular flexibility index (Phi) is 4.38. The van der Waals surface area contributed by atoms with Gasteiger partial charge < -0.3 is 20.6 Å². The Morgan fingerprint density at radius 1 is 1.37 bits per heavy atom. The predicted molar refractivity (Wildman–Crippen MR) is 89.9 cm³/mol. The summed E-state index contributed by atoms with van der Waals surface area (Å²) in [6.45, 7) is 1.47. The lowest BCUT2D eigenvalue weighted by Gasteiger charge is -2.35. The highest BCUT2D eigenvalue weighted by atomic mass is 19.1. The maximum atomic E-state index is 13.4. The fraction of sp³-hybridized carbons (Fsp3) is 0.412. The molecular formula is C17H18FN5O4. The van der Waals surface area contributed by atoms with E-state index in [1.807, 2.05) is 0 Å². The molecule has 0 saturated heterocycles. The summed E-state index contributed by atoms with van der Waals surface area (Å²) in [5.74, 6) is -0.281. The molecule has 1 aromatic heterocycles. The second kappa shape index (κ2) is 6.86. The molecule has 4 rings (SSSR count). The summed E-state index contributed by atoms with van der Waals surface area (Å²) >= 11 is 0. The van der Waals surface area contributed by atoms with Gasteiger partial charge in [0, 0.05) is 25.8 Å². The normalized spacial score (nSPS) is 23.6. The minimum atomic E-state index is -0.325. The van der Waals surface area contributed by atoms with Gasteiger partial charge in [-0.2, -0.15) is 0 Å². The highest BCUT2D eigenvalue weighted by molar-refractivity contribution is 5.98. The number of carbonyl (C=O) groups excluding carboxylic acids is 1. The molecule has 142 valence electrons. The van der Waals surface area contributed by atoms with Gasteiger partial charge in [-0.3, -0.25) is 4.79 Å². The molecule has 10 heteroatoms. The lowest BCUT2D eigenvalue weighted by atomic mass is 9.83. The lowest BCUT2D eigenvalue weighted by Crippen LogP contribution is -2.48. The highest BCUT2D eigenvalue weighted by Gasteiger charge is 2.35. The molecule has 0 unspecified atom stereocenters. The topological polar surface area (TPSA) is 122 Å². The molecule has 2 aliphatic rings. The summed E-state index contributed by atoms with van der Waals surface area (Å²) in [6, 6.07) is 4.45. The van der Waals surface area contributed by atoms with Gasteiger partial charge in [-0.05, 0) is 40.0 Å². The molecule has 1 heterocycles. The molecule has 0 radical (unpaired) electrons. The molecule has 1 aromatic carbocycles. The van der Waals surface area contributed by atoms with Crippen LogP contribution in [-0.4, -0.2) is 39.4 Å². The van der Waals surface area contributed by atoms with Gasteiger partial charge >= 0.3 is 0 Å². The van der Waals surface area contributed by atoms with Crippen LogP contribution in [0.4, 0.5) is 4.39 Å². The van der Waals surface area contributed by atoms with Crippen LogP contribution in [0.2, 0.25) is 0 Å². The number of nitrogens with one attached hydrogen (secondary N) is 2. The highest BCUT2D eigenvalue weighted by Crippen LogP contribution is 2.34. The van der Waals surface area contributed by atoms with E-state index in [2.05, 4.69) is 26.1 Å². The van der Waals surface area contributed by atoms with E-state index in [0.29, 0.717) is 19.3 Å². The largest absolute Gasteiger partial charge is 0.470 e. The van der Waals surface area contributed by atoms with Crippen molar-refractivity contribution >= 4 is 11.7 Å². The average Bonchev–Trinajstić information content (AvgIpc) is 3.04. The molecule has 1 saturated carbocycles. The smallest absolute Gasteiger partial charge is 0.287 e. The van der Waals surface area contributed by atoms with Crippen LogP contribution in [0.1, 0.15) is 42.6 Å². The van der Waals surface area contributed by atoms with E-state index in [0.717, 1.165) is 11.1 Å². The number of benzene rings is 1. The maximum Gasteiger partial charge on any atom is 0.287 e. The molecule has 1 amide bonds. The van der Waals surface area contributed by atoms with Gasteiger partial charge in [-0.1, -0.05) is 11.2 Å². The van der Waals surface area contributed by atoms with E-state index in [1.165, 1.54) is 19.1 Å². The Morgan fingerprint density at radius 3 is 2.93 bits per heavy atom. The van der Waals surface area contributed by atoms with Crippen LogP contribution >= 0.6 is 0 Å². The number of nitrogens with zero attached hydrogens (tertiary/aromatic N) is 3. The fourth-order valence-corrected chi connectivity index (χ4v) is 3.34. The summed E-state index contributed by atoms with van der Waals surface area (Å²) < 4.78 is 23.9. The van der Waals surface area contributed by atoms with Gasteiger partial charge in [0.15, 0.2) is 0 Å². The van der Waals surface area contributed by atoms with E-state index in [1.54, 1.807) is 6.07 Å². The quantitative estimate of drug-likeness (QED) is 0.311. The minimum Gasteiger partial charge on any atom is -0.470 e. The molecule has 2 aliphatic carbocycles. The fourth-order valence-electron chi connectivity index (χ4n) is 3.34. The number of halogens is 1. The first-order valence-corrected chi connectivity index (χ1v) is 8.57. The molecule has 0 bridgehead atoms. The van der Waals surface area contributed by atoms with Crippen molar-refractivity contribution in [2.45, 2.75) is 44.4 Å². The monoisotopic (exact) mass is 375 g/mol. The number of amides is 1. The van der Waals surface area contributed by atoms with Gasteiger partial charge in [0.1, 0.15) is 11.9 Å². The van der Waals surface area contributed by atoms with Gasteiger partial charge in [-0.15, -0.1) is 0 Å². The van der Waals surface area contributed by atoms with Gasteiger partial charge in [0.05, 0.1) is 6.04 Å². The number of aromatic nitrogens is 2. The summed E-state index contributed by atoms with van der Waals surface area (Å²) in [4.78, 5) is 11.0. The van der Waals surface area contributed by atoms with Crippen molar-refractivity contribution in [1.29, 1.82) is 0 Å². The number of hydrogen-bond acceptors (Lipinski definition) is 7. The van der Waals surface area contributed by atoms with Gasteiger partial charge in [0.25, 0.3) is 5.88 Å². The zero-order valence-electron chi connectivity index (χ0n) is 14.5. The van der Waals surface area contributed by atoms with E-state index in [4.69, 9.17) is 9.37 Å². The summed E-state index contributed by atoms with van der Waals surface area (Å²) in [5, 5.41) is 25.9. The molecule has 9 nitrogen and oxygen atoms in total. The third kappa shape index (κ3) is 3.42. The van der Waals surface area contributed by atoms with Crippen LogP contribution in [0.3, 0.4) is 0 Å². The average molecular weight is 375 g/mol. The van der Waals surface area contributed by atoms with E-state index >= 15 is 0 Å². The van der Waals surface area contributed by atoms with Gasteiger partial charge in [0.2, 0.25) is 17.4 Å². The molecule has 1 fully saturated rings. The van der Waals surface area contributed by atoms with Gasteiger partial charge in [-0.25, -0.2) is 9.02 Å². The van der Waals surface area contributed by atoms with Crippen molar-refractivity contribution in [1.82, 2.24) is 20.9 Å². The van der Waals surface area contributed by atoms with Crippen molar-refractivity contribution in [3.63, 3.8) is 0 Å². The number of amidine groups is 1. The molecule has 27 heavy (non-hydrogen) atoms. The van der Waals surface area contributed by atoms with Crippen LogP contribution in [0, 0.1) is 5.82 Å². The number of ether oxygens (including phenoxy) is 1. The van der Waals surface area contributed by atoms with Crippen LogP contribution < -0.4 is 15.4 Å². The Bertz CT molecular complexity index is 893. The van der Waals surface area contributed by atoms with Crippen molar-refractivity contribution < 1.29 is 23.8 Å². The van der Waals surface area contributed by atoms with Crippen LogP contribution in [0.15, 0.2) is 28.0 Å². The zero-order chi connectivity index (χ0) is 19.0. The third-order valence-corrected chi connectivity index (χ3v) is 4.78. The first kappa shape index (κ1) is 17.3. The Labute approximate surface area is 153 Å². The molecular weight excluding hydrogens is 357 g/mol. The van der Waals surface area contributed by atoms with Crippen LogP contribution in [0.5, 0.6) is 5.88 Å².